The quantitative estimate of drug-likeness (QED) is 0.387. The molecule has 0 aromatic heterocycles. The maximum atomic E-state index is 11.7. The summed E-state index contributed by atoms with van der Waals surface area (Å²) in [5, 5.41) is 26.4. The third-order valence-corrected chi connectivity index (χ3v) is 3.39. The van der Waals surface area contributed by atoms with Gasteiger partial charge in [0.15, 0.2) is 0 Å². The van der Waals surface area contributed by atoms with Crippen LogP contribution in [0.15, 0.2) is 10.2 Å². The van der Waals surface area contributed by atoms with Gasteiger partial charge in [-0.05, 0) is 39.5 Å². The SMILES string of the molecule is CCCOC(=O)C(C#N)CC(C)N=NC(C)CC(C#N)C(=O)OCCC. The van der Waals surface area contributed by atoms with E-state index >= 15 is 0 Å². The molecule has 8 heteroatoms. The second-order valence-electron chi connectivity index (χ2n) is 6.10. The number of rotatable bonds is 12. The Morgan fingerprint density at radius 2 is 1.19 bits per heavy atom. The third-order valence-electron chi connectivity index (χ3n) is 3.39. The van der Waals surface area contributed by atoms with Gasteiger partial charge in [-0.1, -0.05) is 13.8 Å². The molecule has 0 aromatic carbocycles. The minimum absolute atomic E-state index is 0.204. The summed E-state index contributed by atoms with van der Waals surface area (Å²) in [4.78, 5) is 23.5. The van der Waals surface area contributed by atoms with Crippen molar-refractivity contribution in [3.05, 3.63) is 0 Å². The van der Waals surface area contributed by atoms with Gasteiger partial charge < -0.3 is 9.47 Å². The van der Waals surface area contributed by atoms with Gasteiger partial charge in [0.2, 0.25) is 0 Å². The van der Waals surface area contributed by atoms with E-state index < -0.39 is 23.8 Å². The summed E-state index contributed by atoms with van der Waals surface area (Å²) in [5.41, 5.74) is 0. The van der Waals surface area contributed by atoms with E-state index in [-0.39, 0.29) is 38.1 Å². The maximum Gasteiger partial charge on any atom is 0.323 e. The van der Waals surface area contributed by atoms with Gasteiger partial charge >= 0.3 is 11.9 Å². The van der Waals surface area contributed by atoms with Gasteiger partial charge in [-0.25, -0.2) is 0 Å². The topological polar surface area (TPSA) is 125 Å². The largest absolute Gasteiger partial charge is 0.465 e. The van der Waals surface area contributed by atoms with Gasteiger partial charge in [-0.3, -0.25) is 9.59 Å². The fourth-order valence-corrected chi connectivity index (χ4v) is 2.01. The van der Waals surface area contributed by atoms with Gasteiger partial charge in [0.1, 0.15) is 11.8 Å². The minimum atomic E-state index is -0.887. The zero-order valence-electron chi connectivity index (χ0n) is 16.0. The lowest BCUT2D eigenvalue weighted by atomic mass is 10.0. The van der Waals surface area contributed by atoms with E-state index in [1.807, 2.05) is 26.0 Å². The second kappa shape index (κ2) is 13.8. The first-order valence-corrected chi connectivity index (χ1v) is 8.91. The number of ether oxygens (including phenoxy) is 2. The molecule has 144 valence electrons. The number of esters is 2. The molecule has 0 radical (unpaired) electrons. The van der Waals surface area contributed by atoms with Gasteiger partial charge in [0.05, 0.1) is 37.4 Å². The minimum Gasteiger partial charge on any atom is -0.465 e. The molecule has 4 atom stereocenters. The molecular formula is C18H28N4O4. The first kappa shape index (κ1) is 23.5. The van der Waals surface area contributed by atoms with Crippen molar-refractivity contribution in [1.82, 2.24) is 0 Å². The molecule has 26 heavy (non-hydrogen) atoms. The molecule has 0 aliphatic rings. The molecule has 0 rings (SSSR count). The lowest BCUT2D eigenvalue weighted by Gasteiger charge is -2.13. The molecule has 4 unspecified atom stereocenters. The van der Waals surface area contributed by atoms with Crippen molar-refractivity contribution in [2.24, 2.45) is 22.1 Å². The maximum absolute atomic E-state index is 11.7. The zero-order valence-corrected chi connectivity index (χ0v) is 16.0. The average Bonchev–Trinajstić information content (AvgIpc) is 2.64. The molecule has 0 fully saturated rings. The highest BCUT2D eigenvalue weighted by molar-refractivity contribution is 5.75. The van der Waals surface area contributed by atoms with E-state index in [2.05, 4.69) is 10.2 Å². The first-order chi connectivity index (χ1) is 12.4. The Morgan fingerprint density at radius 1 is 0.846 bits per heavy atom. The van der Waals surface area contributed by atoms with Crippen LogP contribution in [0.1, 0.15) is 53.4 Å². The molecule has 0 amide bonds. The van der Waals surface area contributed by atoms with Gasteiger partial charge in [-0.15, -0.1) is 0 Å². The smallest absolute Gasteiger partial charge is 0.323 e. The summed E-state index contributed by atoms with van der Waals surface area (Å²) in [5.74, 6) is -2.87. The van der Waals surface area contributed by atoms with Crippen LogP contribution in [-0.2, 0) is 19.1 Å². The van der Waals surface area contributed by atoms with Crippen molar-refractivity contribution in [1.29, 1.82) is 10.5 Å². The van der Waals surface area contributed by atoms with Gasteiger partial charge in [-0.2, -0.15) is 20.8 Å². The Bertz CT molecular complexity index is 502. The highest BCUT2D eigenvalue weighted by atomic mass is 16.5. The fourth-order valence-electron chi connectivity index (χ4n) is 2.01. The number of carbonyl (C=O) groups is 2. The Labute approximate surface area is 155 Å². The van der Waals surface area contributed by atoms with Crippen molar-refractivity contribution in [3.8, 4) is 12.1 Å². The standard InChI is InChI=1S/C18H28N4O4/c1-5-7-25-17(23)15(11-19)9-13(3)21-22-14(4)10-16(12-20)18(24)26-8-6-2/h13-16H,5-10H2,1-4H3. The predicted octanol–water partition coefficient (Wildman–Crippen LogP) is 3.18. The monoisotopic (exact) mass is 364 g/mol. The van der Waals surface area contributed by atoms with Crippen LogP contribution in [0.5, 0.6) is 0 Å². The van der Waals surface area contributed by atoms with Crippen molar-refractivity contribution in [2.75, 3.05) is 13.2 Å². The van der Waals surface area contributed by atoms with Gasteiger partial charge in [0.25, 0.3) is 0 Å². The number of azo groups is 1. The van der Waals surface area contributed by atoms with Crippen LogP contribution >= 0.6 is 0 Å². The molecule has 0 saturated carbocycles. The summed E-state index contributed by atoms with van der Waals surface area (Å²) in [6.45, 7) is 7.80. The normalized spacial score (nSPS) is 15.3. The summed E-state index contributed by atoms with van der Waals surface area (Å²) >= 11 is 0. The molecule has 0 spiro atoms. The number of carbonyl (C=O) groups excluding carboxylic acids is 2. The Morgan fingerprint density at radius 3 is 1.46 bits per heavy atom. The Kier molecular flexibility index (Phi) is 12.5. The summed E-state index contributed by atoms with van der Waals surface area (Å²) < 4.78 is 9.95. The first-order valence-electron chi connectivity index (χ1n) is 8.91. The van der Waals surface area contributed by atoms with Crippen LogP contribution in [0, 0.1) is 34.5 Å². The molecule has 0 aromatic rings. The lowest BCUT2D eigenvalue weighted by Crippen LogP contribution is -2.21. The van der Waals surface area contributed by atoms with Crippen molar-refractivity contribution < 1.29 is 19.1 Å². The van der Waals surface area contributed by atoms with E-state index in [1.165, 1.54) is 0 Å². The molecule has 0 heterocycles. The number of hydrogen-bond acceptors (Lipinski definition) is 8. The Balaban J connectivity index is 4.54. The fraction of sp³-hybridized carbons (Fsp3) is 0.778. The third kappa shape index (κ3) is 9.73. The summed E-state index contributed by atoms with van der Waals surface area (Å²) in [7, 11) is 0. The van der Waals surface area contributed by atoms with E-state index in [0.29, 0.717) is 12.8 Å². The highest BCUT2D eigenvalue weighted by Crippen LogP contribution is 2.15. The van der Waals surface area contributed by atoms with Crippen LogP contribution in [0.4, 0.5) is 0 Å². The number of nitrogens with zero attached hydrogens (tertiary/aromatic N) is 4. The van der Waals surface area contributed by atoms with Crippen molar-refractivity contribution >= 4 is 11.9 Å². The number of nitriles is 2. The average molecular weight is 364 g/mol. The molecular weight excluding hydrogens is 336 g/mol. The molecule has 8 nitrogen and oxygen atoms in total. The molecule has 0 saturated heterocycles. The van der Waals surface area contributed by atoms with Crippen LogP contribution in [0.25, 0.3) is 0 Å². The highest BCUT2D eigenvalue weighted by Gasteiger charge is 2.24. The van der Waals surface area contributed by atoms with E-state index in [4.69, 9.17) is 20.0 Å². The zero-order chi connectivity index (χ0) is 19.9. The molecule has 0 N–H and O–H groups in total. The van der Waals surface area contributed by atoms with Crippen LogP contribution < -0.4 is 0 Å². The lowest BCUT2D eigenvalue weighted by molar-refractivity contribution is -0.147. The summed E-state index contributed by atoms with van der Waals surface area (Å²) in [6, 6.07) is 3.13. The molecule has 0 bridgehead atoms. The van der Waals surface area contributed by atoms with Gasteiger partial charge in [0, 0.05) is 0 Å². The van der Waals surface area contributed by atoms with Crippen molar-refractivity contribution in [2.45, 2.75) is 65.5 Å². The second-order valence-corrected chi connectivity index (χ2v) is 6.10. The number of hydrogen-bond donors (Lipinski definition) is 0. The van der Waals surface area contributed by atoms with E-state index in [0.717, 1.165) is 0 Å². The van der Waals surface area contributed by atoms with Crippen LogP contribution in [0.2, 0.25) is 0 Å². The summed E-state index contributed by atoms with van der Waals surface area (Å²) in [6.07, 6.45) is 1.79. The van der Waals surface area contributed by atoms with E-state index in [9.17, 15) is 9.59 Å². The van der Waals surface area contributed by atoms with Crippen molar-refractivity contribution in [3.63, 3.8) is 0 Å². The van der Waals surface area contributed by atoms with Crippen LogP contribution in [0.3, 0.4) is 0 Å². The van der Waals surface area contributed by atoms with Crippen LogP contribution in [-0.4, -0.2) is 37.2 Å². The predicted molar refractivity (Wildman–Crippen MR) is 93.7 cm³/mol. The van der Waals surface area contributed by atoms with E-state index in [1.54, 1.807) is 13.8 Å². The molecule has 0 aliphatic heterocycles. The molecule has 0 aliphatic carbocycles. The Hall–Kier alpha value is -2.48.